The van der Waals surface area contributed by atoms with Crippen LogP contribution in [-0.2, 0) is 26.0 Å². The van der Waals surface area contributed by atoms with E-state index in [0.29, 0.717) is 29.9 Å². The zero-order valence-corrected chi connectivity index (χ0v) is 24.1. The van der Waals surface area contributed by atoms with Gasteiger partial charge >= 0.3 is 5.97 Å². The molecule has 0 amide bonds. The number of carbonyl (C=O) groups excluding carboxylic acids is 1. The van der Waals surface area contributed by atoms with Crippen molar-refractivity contribution < 1.29 is 27.8 Å². The van der Waals surface area contributed by atoms with E-state index in [9.17, 15) is 18.3 Å². The molecule has 3 aliphatic carbocycles. The average molecular weight is 554 g/mol. The van der Waals surface area contributed by atoms with E-state index in [1.165, 1.54) is 18.1 Å². The lowest BCUT2D eigenvalue weighted by atomic mass is 9.53. The fourth-order valence-corrected chi connectivity index (χ4v) is 8.58. The molecule has 7 nitrogen and oxygen atoms in total. The van der Waals surface area contributed by atoms with Crippen LogP contribution in [0.3, 0.4) is 0 Å². The van der Waals surface area contributed by atoms with E-state index in [4.69, 9.17) is 9.47 Å². The van der Waals surface area contributed by atoms with Crippen LogP contribution < -0.4 is 4.74 Å². The number of nitrogens with zero attached hydrogens (tertiary/aromatic N) is 1. The number of fused-ring (bicyclic) bond motifs is 5. The average Bonchev–Trinajstić information content (AvgIpc) is 3.13. The van der Waals surface area contributed by atoms with Crippen molar-refractivity contribution in [3.63, 3.8) is 0 Å². The van der Waals surface area contributed by atoms with Gasteiger partial charge in [0.15, 0.2) is 0 Å². The van der Waals surface area contributed by atoms with E-state index in [2.05, 4.69) is 17.4 Å². The van der Waals surface area contributed by atoms with Crippen molar-refractivity contribution in [2.45, 2.75) is 89.1 Å². The van der Waals surface area contributed by atoms with Crippen LogP contribution in [0.5, 0.6) is 5.75 Å². The minimum atomic E-state index is -3.96. The molecular formula is C31H39NO6S. The van der Waals surface area contributed by atoms with Gasteiger partial charge in [-0.15, -0.1) is 4.40 Å². The summed E-state index contributed by atoms with van der Waals surface area (Å²) in [5.41, 5.74) is 2.08. The van der Waals surface area contributed by atoms with E-state index >= 15 is 0 Å². The van der Waals surface area contributed by atoms with Crippen LogP contribution in [0.1, 0.15) is 81.9 Å². The summed E-state index contributed by atoms with van der Waals surface area (Å²) in [6, 6.07) is 12.6. The summed E-state index contributed by atoms with van der Waals surface area (Å²) < 4.78 is 41.3. The van der Waals surface area contributed by atoms with E-state index in [-0.39, 0.29) is 35.2 Å². The molecule has 0 unspecified atom stereocenters. The molecule has 2 aromatic carbocycles. The smallest absolute Gasteiger partial charge is 0.308 e. The summed E-state index contributed by atoms with van der Waals surface area (Å²) in [7, 11) is -3.96. The molecule has 0 bridgehead atoms. The van der Waals surface area contributed by atoms with Crippen molar-refractivity contribution in [2.24, 2.45) is 21.6 Å². The Bertz CT molecular complexity index is 1380. The summed E-state index contributed by atoms with van der Waals surface area (Å²) in [5.74, 6) is 1.52. The molecule has 0 radical (unpaired) electrons. The quantitative estimate of drug-likeness (QED) is 0.212. The van der Waals surface area contributed by atoms with E-state index in [1.807, 2.05) is 19.1 Å². The Morgan fingerprint density at radius 1 is 1.10 bits per heavy atom. The van der Waals surface area contributed by atoms with Crippen LogP contribution in [0.2, 0.25) is 0 Å². The van der Waals surface area contributed by atoms with Crippen LogP contribution in [0.25, 0.3) is 0 Å². The Labute approximate surface area is 231 Å². The first kappa shape index (κ1) is 27.8. The van der Waals surface area contributed by atoms with Crippen molar-refractivity contribution in [3.05, 3.63) is 59.2 Å². The number of esters is 1. The van der Waals surface area contributed by atoms with Gasteiger partial charge in [-0.1, -0.05) is 30.7 Å². The standard InChI is InChI=1S/C31H39NO6S/c1-5-37-29(32-39(35,36)24-10-6-20(2)7-11-24)19-31(34)17-15-28-27-12-8-22-18-23(38-21(3)33)9-13-25(22)26(27)14-16-30(28,31)4/h6-7,9-11,13,18,26-28,34H,5,8,12,14-17,19H2,1-4H3/t26-,27-,28+,30+,31-/m1/s1. The fraction of sp³-hybridized carbons (Fsp3) is 0.548. The van der Waals surface area contributed by atoms with Gasteiger partial charge in [0, 0.05) is 6.92 Å². The number of aliphatic hydroxyl groups is 1. The van der Waals surface area contributed by atoms with Crippen molar-refractivity contribution in [3.8, 4) is 5.75 Å². The maximum absolute atomic E-state index is 13.1. The lowest BCUT2D eigenvalue weighted by Gasteiger charge is -2.53. The third-order valence-corrected chi connectivity index (χ3v) is 10.9. The number of carbonyl (C=O) groups is 1. The zero-order valence-electron chi connectivity index (χ0n) is 23.3. The molecule has 3 aliphatic rings. The van der Waals surface area contributed by atoms with Crippen molar-refractivity contribution in [1.82, 2.24) is 0 Å². The topological polar surface area (TPSA) is 102 Å². The summed E-state index contributed by atoms with van der Waals surface area (Å²) in [5, 5.41) is 12.1. The molecule has 5 atom stereocenters. The van der Waals surface area contributed by atoms with Crippen molar-refractivity contribution in [2.75, 3.05) is 6.61 Å². The minimum Gasteiger partial charge on any atom is -0.480 e. The van der Waals surface area contributed by atoms with E-state index in [0.717, 1.165) is 37.7 Å². The lowest BCUT2D eigenvalue weighted by molar-refractivity contribution is -0.131. The highest BCUT2D eigenvalue weighted by Gasteiger charge is 2.61. The highest BCUT2D eigenvalue weighted by Crippen LogP contribution is 2.65. The molecule has 1 N–H and O–H groups in total. The van der Waals surface area contributed by atoms with Gasteiger partial charge in [-0.2, -0.15) is 8.42 Å². The number of aryl methyl sites for hydroxylation is 2. The van der Waals surface area contributed by atoms with Gasteiger partial charge in [0.05, 0.1) is 23.5 Å². The monoisotopic (exact) mass is 553 g/mol. The Morgan fingerprint density at radius 3 is 2.54 bits per heavy atom. The molecule has 2 saturated carbocycles. The van der Waals surface area contributed by atoms with Crippen LogP contribution in [0.4, 0.5) is 0 Å². The van der Waals surface area contributed by atoms with Gasteiger partial charge in [0.25, 0.3) is 10.0 Å². The Hall–Kier alpha value is -2.71. The molecule has 210 valence electrons. The normalized spacial score (nSPS) is 30.2. The van der Waals surface area contributed by atoms with E-state index < -0.39 is 15.6 Å². The zero-order chi connectivity index (χ0) is 28.0. The molecule has 0 aromatic heterocycles. The number of sulfonamides is 1. The number of hydrogen-bond acceptors (Lipinski definition) is 6. The van der Waals surface area contributed by atoms with E-state index in [1.54, 1.807) is 31.2 Å². The maximum atomic E-state index is 13.1. The molecule has 0 spiro atoms. The fourth-order valence-electron chi connectivity index (χ4n) is 7.61. The molecule has 0 heterocycles. The molecular weight excluding hydrogens is 514 g/mol. The molecule has 5 rings (SSSR count). The summed E-state index contributed by atoms with van der Waals surface area (Å²) in [6.07, 6.45) is 5.28. The molecule has 39 heavy (non-hydrogen) atoms. The molecule has 0 aliphatic heterocycles. The number of ether oxygens (including phenoxy) is 2. The number of rotatable bonds is 6. The first-order chi connectivity index (χ1) is 18.5. The van der Waals surface area contributed by atoms with Crippen LogP contribution in [0, 0.1) is 24.2 Å². The summed E-state index contributed by atoms with van der Waals surface area (Å²) >= 11 is 0. The summed E-state index contributed by atoms with van der Waals surface area (Å²) in [6.45, 7) is 7.57. The number of benzene rings is 2. The van der Waals surface area contributed by atoms with Crippen molar-refractivity contribution in [1.29, 1.82) is 0 Å². The van der Waals surface area contributed by atoms with Gasteiger partial charge in [0.2, 0.25) is 5.90 Å². The molecule has 0 saturated heterocycles. The highest BCUT2D eigenvalue weighted by atomic mass is 32.2. The Balaban J connectivity index is 1.39. The maximum Gasteiger partial charge on any atom is 0.308 e. The first-order valence-electron chi connectivity index (χ1n) is 14.0. The SMILES string of the molecule is CCOC(C[C@]1(O)CC[C@H]2[C@@H]3CCc4cc(OC(C)=O)ccc4[C@H]3CC[C@@]21C)=NS(=O)(=O)c1ccc(C)cc1. The second-order valence-corrected chi connectivity index (χ2v) is 13.4. The Morgan fingerprint density at radius 2 is 1.85 bits per heavy atom. The predicted octanol–water partition coefficient (Wildman–Crippen LogP) is 5.72. The second kappa shape index (κ2) is 10.4. The van der Waals surface area contributed by atoms with Crippen molar-refractivity contribution >= 4 is 21.9 Å². The number of hydrogen-bond donors (Lipinski definition) is 1. The van der Waals surface area contributed by atoms with Gasteiger partial charge in [-0.05, 0) is 111 Å². The van der Waals surface area contributed by atoms with Crippen LogP contribution >= 0.6 is 0 Å². The van der Waals surface area contributed by atoms with Gasteiger partial charge < -0.3 is 14.6 Å². The van der Waals surface area contributed by atoms with Gasteiger partial charge in [-0.25, -0.2) is 0 Å². The molecule has 8 heteroatoms. The van der Waals surface area contributed by atoms with Crippen LogP contribution in [0.15, 0.2) is 51.8 Å². The van der Waals surface area contributed by atoms with Crippen LogP contribution in [-0.4, -0.2) is 37.6 Å². The lowest BCUT2D eigenvalue weighted by Crippen LogP contribution is -2.51. The highest BCUT2D eigenvalue weighted by molar-refractivity contribution is 7.90. The second-order valence-electron chi connectivity index (χ2n) is 11.8. The molecule has 2 aromatic rings. The Kier molecular flexibility index (Phi) is 7.40. The third kappa shape index (κ3) is 5.13. The minimum absolute atomic E-state index is 0.0802. The molecule has 2 fully saturated rings. The van der Waals surface area contributed by atoms with Gasteiger partial charge in [-0.3, -0.25) is 4.79 Å². The first-order valence-corrected chi connectivity index (χ1v) is 15.5. The largest absolute Gasteiger partial charge is 0.480 e. The summed E-state index contributed by atoms with van der Waals surface area (Å²) in [4.78, 5) is 11.5. The van der Waals surface area contributed by atoms with Gasteiger partial charge in [0.1, 0.15) is 5.75 Å². The third-order valence-electron chi connectivity index (χ3n) is 9.58. The predicted molar refractivity (Wildman–Crippen MR) is 149 cm³/mol.